The van der Waals surface area contributed by atoms with Gasteiger partial charge in [-0.1, -0.05) is 20.8 Å². The number of nitrogens with one attached hydrogen (secondary N) is 1. The van der Waals surface area contributed by atoms with Crippen LogP contribution in [-0.2, 0) is 10.0 Å². The Morgan fingerprint density at radius 2 is 1.70 bits per heavy atom. The minimum absolute atomic E-state index is 0.0273. The quantitative estimate of drug-likeness (QED) is 0.744. The van der Waals surface area contributed by atoms with Crippen LogP contribution in [0.3, 0.4) is 0 Å². The average molecular weight is 299 g/mol. The lowest BCUT2D eigenvalue weighted by molar-refractivity contribution is 0.302. The Morgan fingerprint density at radius 1 is 1.15 bits per heavy atom. The molecule has 1 rings (SSSR count). The molecule has 1 aromatic carbocycles. The minimum Gasteiger partial charge on any atom is -0.399 e. The summed E-state index contributed by atoms with van der Waals surface area (Å²) in [6.07, 6.45) is 0.869. The second-order valence-electron chi connectivity index (χ2n) is 7.05. The lowest BCUT2D eigenvalue weighted by Gasteiger charge is -2.34. The minimum atomic E-state index is -3.81. The molecule has 6 heteroatoms. The van der Waals surface area contributed by atoms with Crippen molar-refractivity contribution in [3.8, 4) is 0 Å². The Balaban J connectivity index is 3.16. The summed E-state index contributed by atoms with van der Waals surface area (Å²) < 4.78 is 23.3. The van der Waals surface area contributed by atoms with Crippen molar-refractivity contribution in [1.82, 2.24) is 0 Å². The van der Waals surface area contributed by atoms with Crippen LogP contribution >= 0.6 is 0 Å². The topological polar surface area (TPSA) is 98.2 Å². The highest BCUT2D eigenvalue weighted by Gasteiger charge is 2.27. The van der Waals surface area contributed by atoms with Crippen LogP contribution in [0, 0.1) is 5.41 Å². The van der Waals surface area contributed by atoms with Crippen molar-refractivity contribution in [2.75, 3.05) is 11.1 Å². The smallest absolute Gasteiger partial charge is 0.240 e. The first-order valence-corrected chi connectivity index (χ1v) is 8.05. The molecule has 0 fully saturated rings. The summed E-state index contributed by atoms with van der Waals surface area (Å²) in [6.45, 7) is 10.5. The lowest BCUT2D eigenvalue weighted by Crippen LogP contribution is -2.36. The van der Waals surface area contributed by atoms with E-state index in [1.54, 1.807) is 12.1 Å². The largest absolute Gasteiger partial charge is 0.399 e. The molecular weight excluding hydrogens is 274 g/mol. The summed E-state index contributed by atoms with van der Waals surface area (Å²) in [4.78, 5) is 0.0273. The van der Waals surface area contributed by atoms with Crippen molar-refractivity contribution in [2.45, 2.75) is 51.5 Å². The van der Waals surface area contributed by atoms with Gasteiger partial charge < -0.3 is 11.1 Å². The Bertz CT molecular complexity index is 587. The molecule has 0 amide bonds. The maximum atomic E-state index is 11.7. The van der Waals surface area contributed by atoms with Gasteiger partial charge in [0.2, 0.25) is 10.0 Å². The molecule has 1 aromatic rings. The third-order valence-corrected chi connectivity index (χ3v) is 3.71. The molecular formula is C14H25N3O2S. The van der Waals surface area contributed by atoms with Gasteiger partial charge in [-0.2, -0.15) is 0 Å². The third kappa shape index (κ3) is 5.02. The van der Waals surface area contributed by atoms with Gasteiger partial charge in [0.25, 0.3) is 0 Å². The monoisotopic (exact) mass is 299 g/mol. The van der Waals surface area contributed by atoms with E-state index in [1.807, 2.05) is 13.8 Å². The summed E-state index contributed by atoms with van der Waals surface area (Å²) in [7, 11) is -3.81. The van der Waals surface area contributed by atoms with Gasteiger partial charge in [-0.3, -0.25) is 0 Å². The Hall–Kier alpha value is -1.27. The normalized spacial score (nSPS) is 13.3. The maximum absolute atomic E-state index is 11.7. The second-order valence-corrected chi connectivity index (χ2v) is 8.58. The number of hydrogen-bond acceptors (Lipinski definition) is 4. The number of rotatable bonds is 4. The van der Waals surface area contributed by atoms with Crippen LogP contribution in [0.2, 0.25) is 0 Å². The number of anilines is 2. The molecule has 0 atom stereocenters. The number of primary sulfonamides is 1. The van der Waals surface area contributed by atoms with E-state index in [2.05, 4.69) is 26.1 Å². The fraction of sp³-hybridized carbons (Fsp3) is 0.571. The Labute approximate surface area is 121 Å². The van der Waals surface area contributed by atoms with Crippen LogP contribution < -0.4 is 16.2 Å². The van der Waals surface area contributed by atoms with Crippen LogP contribution in [-0.4, -0.2) is 14.0 Å². The van der Waals surface area contributed by atoms with Gasteiger partial charge in [-0.05, 0) is 43.9 Å². The fourth-order valence-corrected chi connectivity index (χ4v) is 3.34. The van der Waals surface area contributed by atoms with Gasteiger partial charge in [0.05, 0.1) is 5.69 Å². The summed E-state index contributed by atoms with van der Waals surface area (Å²) in [5.74, 6) is 0. The highest BCUT2D eigenvalue weighted by Crippen LogP contribution is 2.32. The Kier molecular flexibility index (Phi) is 4.41. The van der Waals surface area contributed by atoms with Crippen molar-refractivity contribution in [2.24, 2.45) is 10.6 Å². The second kappa shape index (κ2) is 5.26. The molecule has 5 N–H and O–H groups in total. The zero-order valence-electron chi connectivity index (χ0n) is 12.8. The molecule has 0 bridgehead atoms. The summed E-state index contributed by atoms with van der Waals surface area (Å²) in [5.41, 5.74) is 6.34. The van der Waals surface area contributed by atoms with E-state index in [9.17, 15) is 8.42 Å². The standard InChI is InChI=1S/C14H25N3O2S/c1-13(2,3)9-14(4,5)17-11-7-6-10(15)8-12(11)20(16,18)19/h6-8,17H,9,15H2,1-5H3,(H2,16,18,19). The molecule has 0 aliphatic carbocycles. The van der Waals surface area contributed by atoms with Crippen LogP contribution in [0.15, 0.2) is 23.1 Å². The molecule has 20 heavy (non-hydrogen) atoms. The SMILES string of the molecule is CC(C)(C)CC(C)(C)Nc1ccc(N)cc1S(N)(=O)=O. The highest BCUT2D eigenvalue weighted by atomic mass is 32.2. The van der Waals surface area contributed by atoms with Crippen molar-refractivity contribution in [3.05, 3.63) is 18.2 Å². The summed E-state index contributed by atoms with van der Waals surface area (Å²) >= 11 is 0. The van der Waals surface area contributed by atoms with E-state index in [1.165, 1.54) is 6.07 Å². The van der Waals surface area contributed by atoms with Crippen LogP contribution in [0.5, 0.6) is 0 Å². The zero-order chi connectivity index (χ0) is 15.8. The van der Waals surface area contributed by atoms with Gasteiger partial charge in [-0.25, -0.2) is 13.6 Å². The van der Waals surface area contributed by atoms with E-state index in [0.717, 1.165) is 6.42 Å². The molecule has 5 nitrogen and oxygen atoms in total. The van der Waals surface area contributed by atoms with E-state index in [4.69, 9.17) is 10.9 Å². The fourth-order valence-electron chi connectivity index (χ4n) is 2.61. The molecule has 0 aliphatic heterocycles. The number of nitrogen functional groups attached to an aromatic ring is 1. The molecule has 0 aromatic heterocycles. The number of benzene rings is 1. The first-order chi connectivity index (χ1) is 8.80. The maximum Gasteiger partial charge on any atom is 0.240 e. The molecule has 0 heterocycles. The molecule has 0 spiro atoms. The average Bonchev–Trinajstić information content (AvgIpc) is 2.14. The van der Waals surface area contributed by atoms with Crippen molar-refractivity contribution in [1.29, 1.82) is 0 Å². The first kappa shape index (κ1) is 16.8. The van der Waals surface area contributed by atoms with E-state index in [-0.39, 0.29) is 15.8 Å². The van der Waals surface area contributed by atoms with Gasteiger partial charge in [0, 0.05) is 11.2 Å². The third-order valence-electron chi connectivity index (χ3n) is 2.76. The predicted octanol–water partition coefficient (Wildman–Crippen LogP) is 2.54. The first-order valence-electron chi connectivity index (χ1n) is 6.51. The van der Waals surface area contributed by atoms with E-state index < -0.39 is 10.0 Å². The van der Waals surface area contributed by atoms with Crippen LogP contribution in [0.25, 0.3) is 0 Å². The lowest BCUT2D eigenvalue weighted by atomic mass is 9.81. The van der Waals surface area contributed by atoms with Crippen molar-refractivity contribution >= 4 is 21.4 Å². The number of nitrogens with two attached hydrogens (primary N) is 2. The van der Waals surface area contributed by atoms with E-state index >= 15 is 0 Å². The molecule has 0 aliphatic rings. The molecule has 114 valence electrons. The van der Waals surface area contributed by atoms with Crippen LogP contribution in [0.4, 0.5) is 11.4 Å². The van der Waals surface area contributed by atoms with E-state index in [0.29, 0.717) is 11.4 Å². The number of hydrogen-bond donors (Lipinski definition) is 3. The molecule has 0 saturated carbocycles. The molecule has 0 unspecified atom stereocenters. The van der Waals surface area contributed by atoms with Crippen molar-refractivity contribution < 1.29 is 8.42 Å². The summed E-state index contributed by atoms with van der Waals surface area (Å²) in [5, 5.41) is 8.51. The number of sulfonamides is 1. The predicted molar refractivity (Wildman–Crippen MR) is 84.0 cm³/mol. The van der Waals surface area contributed by atoms with Gasteiger partial charge in [-0.15, -0.1) is 0 Å². The van der Waals surface area contributed by atoms with Gasteiger partial charge >= 0.3 is 0 Å². The highest BCUT2D eigenvalue weighted by molar-refractivity contribution is 7.89. The zero-order valence-corrected chi connectivity index (χ0v) is 13.6. The molecule has 0 saturated heterocycles. The van der Waals surface area contributed by atoms with Crippen LogP contribution in [0.1, 0.15) is 41.0 Å². The van der Waals surface area contributed by atoms with Gasteiger partial charge in [0.1, 0.15) is 4.90 Å². The molecule has 0 radical (unpaired) electrons. The Morgan fingerprint density at radius 3 is 2.15 bits per heavy atom. The van der Waals surface area contributed by atoms with Gasteiger partial charge in [0.15, 0.2) is 0 Å². The van der Waals surface area contributed by atoms with Crippen molar-refractivity contribution in [3.63, 3.8) is 0 Å². The summed E-state index contributed by atoms with van der Waals surface area (Å²) in [6, 6.07) is 4.69.